The Morgan fingerprint density at radius 3 is 2.30 bits per heavy atom. The molecule has 0 saturated heterocycles. The predicted octanol–water partition coefficient (Wildman–Crippen LogP) is -3.22. The molecule has 0 amide bonds. The van der Waals surface area contributed by atoms with Crippen LogP contribution in [0, 0.1) is 0 Å². The van der Waals surface area contributed by atoms with Crippen molar-refractivity contribution in [2.24, 2.45) is 0 Å². The van der Waals surface area contributed by atoms with Crippen LogP contribution in [0.5, 0.6) is 0 Å². The van der Waals surface area contributed by atoms with Crippen LogP contribution in [0.1, 0.15) is 0 Å². The van der Waals surface area contributed by atoms with Gasteiger partial charge in [-0.05, 0) is 10.8 Å². The van der Waals surface area contributed by atoms with Gasteiger partial charge in [-0.1, -0.05) is 12.2 Å². The molecule has 0 aromatic carbocycles. The Bertz CT molecular complexity index is 165. The van der Waals surface area contributed by atoms with Gasteiger partial charge in [-0.2, -0.15) is 0 Å². The Morgan fingerprint density at radius 1 is 1.40 bits per heavy atom. The Hall–Kier alpha value is -0.103. The summed E-state index contributed by atoms with van der Waals surface area (Å²) in [6.45, 7) is 0. The summed E-state index contributed by atoms with van der Waals surface area (Å²) in [6, 6.07) is 0. The van der Waals surface area contributed by atoms with Gasteiger partial charge in [-0.15, -0.1) is 0 Å². The maximum Gasteiger partial charge on any atom is 1.00 e. The molecule has 0 unspecified atom stereocenters. The first-order chi connectivity index (χ1) is 4.29. The van der Waals surface area contributed by atoms with Crippen molar-refractivity contribution in [1.82, 2.24) is 0 Å². The SMILES string of the molecule is O=C([O-])C[SH]1C=CC=C1.[Li+]. The van der Waals surface area contributed by atoms with Gasteiger partial charge in [0.25, 0.3) is 0 Å². The number of carboxylic acids is 1. The van der Waals surface area contributed by atoms with Crippen LogP contribution in [0.15, 0.2) is 23.0 Å². The average Bonchev–Trinajstić information content (AvgIpc) is 2.15. The maximum atomic E-state index is 9.99. The van der Waals surface area contributed by atoms with E-state index in [1.165, 1.54) is 0 Å². The molecule has 0 bridgehead atoms. The molecule has 0 atom stereocenters. The molecule has 2 nitrogen and oxygen atoms in total. The van der Waals surface area contributed by atoms with Crippen molar-refractivity contribution in [2.75, 3.05) is 5.75 Å². The van der Waals surface area contributed by atoms with Crippen molar-refractivity contribution in [3.8, 4) is 0 Å². The Labute approximate surface area is 74.5 Å². The van der Waals surface area contributed by atoms with Crippen LogP contribution < -0.4 is 24.0 Å². The standard InChI is InChI=1S/C6H8O2S.Li/c7-6(8)5-9-3-1-2-4-9;/h1-4,9H,5H2,(H,7,8);/q;+1/p-1. The number of hydrogen-bond donors (Lipinski definition) is 1. The summed E-state index contributed by atoms with van der Waals surface area (Å²) >= 11 is 0. The summed E-state index contributed by atoms with van der Waals surface area (Å²) in [5, 5.41) is 13.8. The fourth-order valence-electron chi connectivity index (χ4n) is 0.625. The van der Waals surface area contributed by atoms with Crippen molar-refractivity contribution in [3.05, 3.63) is 23.0 Å². The summed E-state index contributed by atoms with van der Waals surface area (Å²) in [4.78, 5) is 9.99. The number of carbonyl (C=O) groups is 1. The molecule has 0 aromatic heterocycles. The number of rotatable bonds is 2. The van der Waals surface area contributed by atoms with E-state index in [0.29, 0.717) is 0 Å². The first-order valence-electron chi connectivity index (χ1n) is 2.59. The first kappa shape index (κ1) is 9.90. The van der Waals surface area contributed by atoms with Crippen LogP contribution >= 0.6 is 10.9 Å². The number of carboxylic acid groups (broad SMARTS) is 1. The van der Waals surface area contributed by atoms with E-state index in [1.807, 2.05) is 23.0 Å². The van der Waals surface area contributed by atoms with Gasteiger partial charge < -0.3 is 9.90 Å². The molecule has 1 heterocycles. The molecular weight excluding hydrogens is 143 g/mol. The fraction of sp³-hybridized carbons (Fsp3) is 0.167. The van der Waals surface area contributed by atoms with E-state index < -0.39 is 16.9 Å². The van der Waals surface area contributed by atoms with Gasteiger partial charge in [0, 0.05) is 5.75 Å². The zero-order valence-corrected chi connectivity index (χ0v) is 6.67. The molecule has 1 rings (SSSR count). The second-order valence-corrected chi connectivity index (χ2v) is 3.67. The largest absolute Gasteiger partial charge is 1.00 e. The average molecular weight is 150 g/mol. The van der Waals surface area contributed by atoms with E-state index in [4.69, 9.17) is 0 Å². The minimum Gasteiger partial charge on any atom is -0.549 e. The van der Waals surface area contributed by atoms with Gasteiger partial charge in [-0.3, -0.25) is 0 Å². The third-order valence-electron chi connectivity index (χ3n) is 0.978. The van der Waals surface area contributed by atoms with Gasteiger partial charge in [0.2, 0.25) is 0 Å². The van der Waals surface area contributed by atoms with Gasteiger partial charge in [-0.25, -0.2) is 10.9 Å². The normalized spacial score (nSPS) is 17.0. The minimum atomic E-state index is -0.961. The van der Waals surface area contributed by atoms with Crippen LogP contribution in [-0.2, 0) is 4.79 Å². The van der Waals surface area contributed by atoms with Gasteiger partial charge in [0.05, 0.1) is 5.97 Å². The Morgan fingerprint density at radius 2 is 1.90 bits per heavy atom. The molecule has 0 aromatic rings. The zero-order valence-electron chi connectivity index (χ0n) is 5.78. The summed E-state index contributed by atoms with van der Waals surface area (Å²) in [5.74, 6) is -0.792. The van der Waals surface area contributed by atoms with Crippen molar-refractivity contribution < 1.29 is 28.8 Å². The van der Waals surface area contributed by atoms with Crippen molar-refractivity contribution in [1.29, 1.82) is 0 Å². The fourth-order valence-corrected chi connectivity index (χ4v) is 1.87. The third-order valence-corrected chi connectivity index (χ3v) is 2.71. The number of aliphatic carboxylic acids is 1. The maximum absolute atomic E-state index is 9.99. The van der Waals surface area contributed by atoms with Crippen LogP contribution in [0.2, 0.25) is 0 Å². The molecule has 50 valence electrons. The van der Waals surface area contributed by atoms with Crippen LogP contribution in [0.25, 0.3) is 0 Å². The van der Waals surface area contributed by atoms with Gasteiger partial charge in [0.15, 0.2) is 0 Å². The van der Waals surface area contributed by atoms with Crippen LogP contribution in [0.3, 0.4) is 0 Å². The van der Waals surface area contributed by atoms with Gasteiger partial charge in [0.1, 0.15) is 0 Å². The molecule has 0 N–H and O–H groups in total. The van der Waals surface area contributed by atoms with Crippen molar-refractivity contribution in [3.63, 3.8) is 0 Å². The molecule has 0 saturated carbocycles. The minimum absolute atomic E-state index is 0. The number of carbonyl (C=O) groups excluding carboxylic acids is 1. The second kappa shape index (κ2) is 4.67. The molecular formula is C6H7LiO2S. The summed E-state index contributed by atoms with van der Waals surface area (Å²) < 4.78 is 0. The Balaban J connectivity index is 0.000000810. The van der Waals surface area contributed by atoms with E-state index >= 15 is 0 Å². The molecule has 4 heteroatoms. The van der Waals surface area contributed by atoms with Crippen LogP contribution in [-0.4, -0.2) is 11.7 Å². The number of allylic oxidation sites excluding steroid dienone is 2. The zero-order chi connectivity index (χ0) is 6.69. The number of thiol groups is 1. The molecule has 10 heavy (non-hydrogen) atoms. The molecule has 0 spiro atoms. The second-order valence-electron chi connectivity index (χ2n) is 1.73. The molecule has 0 radical (unpaired) electrons. The van der Waals surface area contributed by atoms with E-state index in [2.05, 4.69) is 0 Å². The smallest absolute Gasteiger partial charge is 0.549 e. The van der Waals surface area contributed by atoms with E-state index in [9.17, 15) is 9.90 Å². The topological polar surface area (TPSA) is 40.1 Å². The summed E-state index contributed by atoms with van der Waals surface area (Å²) in [6.07, 6.45) is 3.74. The van der Waals surface area contributed by atoms with Crippen molar-refractivity contribution in [2.45, 2.75) is 0 Å². The van der Waals surface area contributed by atoms with E-state index in [1.54, 1.807) is 0 Å². The van der Waals surface area contributed by atoms with Crippen LogP contribution in [0.4, 0.5) is 0 Å². The molecule has 1 aliphatic rings. The predicted molar refractivity (Wildman–Crippen MR) is 37.1 cm³/mol. The number of hydrogen-bond acceptors (Lipinski definition) is 2. The quantitative estimate of drug-likeness (QED) is 0.332. The molecule has 1 aliphatic heterocycles. The van der Waals surface area contributed by atoms with E-state index in [-0.39, 0.29) is 24.6 Å². The summed E-state index contributed by atoms with van der Waals surface area (Å²) in [7, 11) is -0.508. The van der Waals surface area contributed by atoms with Crippen molar-refractivity contribution >= 4 is 16.9 Å². The van der Waals surface area contributed by atoms with Gasteiger partial charge >= 0.3 is 18.9 Å². The first-order valence-corrected chi connectivity index (χ1v) is 4.26. The molecule has 0 fully saturated rings. The summed E-state index contributed by atoms with van der Waals surface area (Å²) in [5.41, 5.74) is 0. The third kappa shape index (κ3) is 3.16. The molecule has 0 aliphatic carbocycles. The van der Waals surface area contributed by atoms with E-state index in [0.717, 1.165) is 0 Å². The Kier molecular flexibility index (Phi) is 4.62. The monoisotopic (exact) mass is 150 g/mol.